The molecule has 0 amide bonds. The first-order valence-corrected chi connectivity index (χ1v) is 6.49. The van der Waals surface area contributed by atoms with Crippen molar-refractivity contribution in [2.75, 3.05) is 0 Å². The third kappa shape index (κ3) is 5.12. The summed E-state index contributed by atoms with van der Waals surface area (Å²) >= 11 is 0. The molecule has 0 spiro atoms. The van der Waals surface area contributed by atoms with Crippen molar-refractivity contribution in [1.29, 1.82) is 0 Å². The van der Waals surface area contributed by atoms with Crippen molar-refractivity contribution in [3.63, 3.8) is 0 Å². The zero-order valence-corrected chi connectivity index (χ0v) is 14.8. The maximum atomic E-state index is 3.44. The van der Waals surface area contributed by atoms with Gasteiger partial charge in [0.25, 0.3) is 0 Å². The van der Waals surface area contributed by atoms with Gasteiger partial charge < -0.3 is 0 Å². The van der Waals surface area contributed by atoms with Gasteiger partial charge >= 0.3 is 21.7 Å². The molecule has 1 aliphatic carbocycles. The van der Waals surface area contributed by atoms with Crippen molar-refractivity contribution in [3.8, 4) is 0 Å². The van der Waals surface area contributed by atoms with Crippen LogP contribution in [0.1, 0.15) is 45.7 Å². The van der Waals surface area contributed by atoms with Crippen molar-refractivity contribution < 1.29 is 21.7 Å². The van der Waals surface area contributed by atoms with E-state index in [0.717, 1.165) is 0 Å². The third-order valence-corrected chi connectivity index (χ3v) is 3.65. The first-order valence-electron chi connectivity index (χ1n) is 6.49. The third-order valence-electron chi connectivity index (χ3n) is 3.65. The van der Waals surface area contributed by atoms with Crippen LogP contribution in [0.5, 0.6) is 0 Å². The minimum absolute atomic E-state index is 0. The van der Waals surface area contributed by atoms with Crippen molar-refractivity contribution in [1.82, 2.24) is 0 Å². The van der Waals surface area contributed by atoms with Crippen LogP contribution in [0.4, 0.5) is 0 Å². The number of rotatable bonds is 0. The van der Waals surface area contributed by atoms with E-state index >= 15 is 0 Å². The molecule has 0 unspecified atom stereocenters. The summed E-state index contributed by atoms with van der Waals surface area (Å²) in [4.78, 5) is 0. The quantitative estimate of drug-likeness (QED) is 0.454. The largest absolute Gasteiger partial charge is 2.00 e. The van der Waals surface area contributed by atoms with Crippen molar-refractivity contribution in [3.05, 3.63) is 58.2 Å². The molecular formula is C18H24Ti. The van der Waals surface area contributed by atoms with Gasteiger partial charge in [-0.15, -0.1) is 6.92 Å². The normalized spacial score (nSPS) is 16.3. The molecule has 0 atom stereocenters. The SMILES string of the molecule is CC1=[C-]C(C)(C)C(C)=C1C.Cc1[c-]c(C)ccc1.[Ti+2]. The molecule has 0 radical (unpaired) electrons. The second kappa shape index (κ2) is 7.26. The maximum absolute atomic E-state index is 3.44. The average Bonchev–Trinajstić information content (AvgIpc) is 2.42. The Labute approximate surface area is 133 Å². The molecule has 0 bridgehead atoms. The molecule has 0 aliphatic heterocycles. The average molecular weight is 288 g/mol. The van der Waals surface area contributed by atoms with Gasteiger partial charge in [0.1, 0.15) is 0 Å². The molecule has 19 heavy (non-hydrogen) atoms. The molecule has 2 rings (SSSR count). The zero-order valence-electron chi connectivity index (χ0n) is 13.2. The summed E-state index contributed by atoms with van der Waals surface area (Å²) in [5.41, 5.74) is 6.82. The molecule has 0 aromatic heterocycles. The van der Waals surface area contributed by atoms with E-state index < -0.39 is 0 Å². The summed E-state index contributed by atoms with van der Waals surface area (Å²) in [6, 6.07) is 9.31. The van der Waals surface area contributed by atoms with Crippen LogP contribution in [0, 0.1) is 31.4 Å². The Morgan fingerprint density at radius 3 is 1.53 bits per heavy atom. The Morgan fingerprint density at radius 1 is 0.895 bits per heavy atom. The van der Waals surface area contributed by atoms with Crippen LogP contribution in [-0.4, -0.2) is 0 Å². The van der Waals surface area contributed by atoms with E-state index in [4.69, 9.17) is 0 Å². The monoisotopic (exact) mass is 288 g/mol. The van der Waals surface area contributed by atoms with Gasteiger partial charge in [-0.05, 0) is 0 Å². The first-order chi connectivity index (χ1) is 8.24. The van der Waals surface area contributed by atoms with Crippen molar-refractivity contribution >= 4 is 0 Å². The molecule has 0 N–H and O–H groups in total. The van der Waals surface area contributed by atoms with Crippen molar-refractivity contribution in [2.45, 2.75) is 48.5 Å². The molecule has 0 fully saturated rings. The smallest absolute Gasteiger partial charge is 0.263 e. The van der Waals surface area contributed by atoms with E-state index in [-0.39, 0.29) is 27.1 Å². The molecule has 0 saturated heterocycles. The van der Waals surface area contributed by atoms with Crippen LogP contribution in [0.3, 0.4) is 0 Å². The topological polar surface area (TPSA) is 0 Å². The second-order valence-corrected chi connectivity index (χ2v) is 5.64. The van der Waals surface area contributed by atoms with Gasteiger partial charge in [-0.25, -0.2) is 5.57 Å². The fourth-order valence-corrected chi connectivity index (χ4v) is 2.14. The van der Waals surface area contributed by atoms with Gasteiger partial charge in [-0.1, -0.05) is 47.0 Å². The van der Waals surface area contributed by atoms with Gasteiger partial charge in [0.15, 0.2) is 0 Å². The van der Waals surface area contributed by atoms with Gasteiger partial charge in [-0.2, -0.15) is 46.5 Å². The Kier molecular flexibility index (Phi) is 7.04. The summed E-state index contributed by atoms with van der Waals surface area (Å²) in [7, 11) is 0. The Balaban J connectivity index is 0.000000331. The summed E-state index contributed by atoms with van der Waals surface area (Å²) in [5.74, 6) is 0. The van der Waals surface area contributed by atoms with Gasteiger partial charge in [0, 0.05) is 0 Å². The van der Waals surface area contributed by atoms with E-state index in [0.29, 0.717) is 0 Å². The van der Waals surface area contributed by atoms with Crippen LogP contribution in [-0.2, 0) is 21.7 Å². The molecule has 1 heteroatoms. The van der Waals surface area contributed by atoms with Crippen molar-refractivity contribution in [2.24, 2.45) is 5.41 Å². The summed E-state index contributed by atoms with van der Waals surface area (Å²) < 4.78 is 0. The van der Waals surface area contributed by atoms with E-state index in [1.54, 1.807) is 0 Å². The molecule has 1 aromatic carbocycles. The molecule has 0 saturated carbocycles. The molecular weight excluding hydrogens is 264 g/mol. The van der Waals surface area contributed by atoms with Gasteiger partial charge in [0.2, 0.25) is 0 Å². The number of aryl methyl sites for hydroxylation is 2. The summed E-state index contributed by atoms with van der Waals surface area (Å²) in [6.45, 7) is 15.0. The molecule has 1 aliphatic rings. The predicted octanol–water partition coefficient (Wildman–Crippen LogP) is 5.21. The van der Waals surface area contributed by atoms with Gasteiger partial charge in [-0.3, -0.25) is 6.08 Å². The first kappa shape index (κ1) is 18.4. The minimum atomic E-state index is 0. The zero-order chi connectivity index (χ0) is 13.9. The Bertz CT molecular complexity index is 473. The molecule has 0 nitrogen and oxygen atoms in total. The number of allylic oxidation sites excluding steroid dienone is 4. The van der Waals surface area contributed by atoms with Crippen LogP contribution in [0.25, 0.3) is 0 Å². The number of benzene rings is 1. The summed E-state index contributed by atoms with van der Waals surface area (Å²) in [6.07, 6.45) is 3.44. The van der Waals surface area contributed by atoms with E-state index in [1.165, 1.54) is 27.8 Å². The summed E-state index contributed by atoms with van der Waals surface area (Å²) in [5, 5.41) is 0. The van der Waals surface area contributed by atoms with E-state index in [9.17, 15) is 0 Å². The Hall–Kier alpha value is -0.586. The van der Waals surface area contributed by atoms with Crippen LogP contribution in [0.15, 0.2) is 34.9 Å². The van der Waals surface area contributed by atoms with Gasteiger partial charge in [0.05, 0.1) is 0 Å². The fourth-order valence-electron chi connectivity index (χ4n) is 2.14. The number of hydrogen-bond donors (Lipinski definition) is 0. The van der Waals surface area contributed by atoms with Crippen LogP contribution < -0.4 is 0 Å². The van der Waals surface area contributed by atoms with E-state index in [2.05, 4.69) is 46.8 Å². The maximum Gasteiger partial charge on any atom is 2.00 e. The molecule has 1 aromatic rings. The second-order valence-electron chi connectivity index (χ2n) is 5.64. The fraction of sp³-hybridized carbons (Fsp3) is 0.444. The van der Waals surface area contributed by atoms with E-state index in [1.807, 2.05) is 32.0 Å². The molecule has 100 valence electrons. The standard InChI is InChI=1S/C10H15.C8H9.Ti/c1-7-6-10(4,5)9(3)8(7)2;1-7-4-3-5-8(2)6-7;/h1-5H3;3-5H,1-2H3;/q2*-1;+2. The van der Waals surface area contributed by atoms with Crippen LogP contribution in [0.2, 0.25) is 0 Å². The number of hydrogen-bond acceptors (Lipinski definition) is 0. The predicted molar refractivity (Wildman–Crippen MR) is 79.3 cm³/mol. The Morgan fingerprint density at radius 2 is 1.37 bits per heavy atom. The molecule has 0 heterocycles. The minimum Gasteiger partial charge on any atom is -0.263 e. The van der Waals surface area contributed by atoms with Crippen LogP contribution >= 0.6 is 0 Å².